The van der Waals surface area contributed by atoms with Gasteiger partial charge in [-0.3, -0.25) is 0 Å². The Morgan fingerprint density at radius 1 is 0.950 bits per heavy atom. The number of piperidine rings is 1. The van der Waals surface area contributed by atoms with Crippen LogP contribution in [0.5, 0.6) is 0 Å². The number of nitrogens with zero attached hydrogens (tertiary/aromatic N) is 1. The molecule has 124 valence electrons. The maximum atomic E-state index is 2.47. The molecule has 1 atom stereocenters. The van der Waals surface area contributed by atoms with Gasteiger partial charge in [0.15, 0.2) is 0 Å². The summed E-state index contributed by atoms with van der Waals surface area (Å²) >= 11 is 0. The van der Waals surface area contributed by atoms with Crippen LogP contribution in [0.3, 0.4) is 0 Å². The molecule has 1 nitrogen and oxygen atoms in total. The molecule has 1 fully saturated rings. The first kappa shape index (κ1) is 22.2. The lowest BCUT2D eigenvalue weighted by Gasteiger charge is -2.33. The minimum atomic E-state index is 0.884. The van der Waals surface area contributed by atoms with Gasteiger partial charge in [-0.15, -0.1) is 0 Å². The van der Waals surface area contributed by atoms with Crippen molar-refractivity contribution in [2.75, 3.05) is 20.1 Å². The summed E-state index contributed by atoms with van der Waals surface area (Å²) in [5.41, 5.74) is 0. The lowest BCUT2D eigenvalue weighted by atomic mass is 9.80. The fourth-order valence-corrected chi connectivity index (χ4v) is 2.64. The van der Waals surface area contributed by atoms with Gasteiger partial charge in [0, 0.05) is 0 Å². The molecule has 0 aromatic heterocycles. The Labute approximate surface area is 130 Å². The molecule has 1 heterocycles. The van der Waals surface area contributed by atoms with Gasteiger partial charge < -0.3 is 4.90 Å². The summed E-state index contributed by atoms with van der Waals surface area (Å²) in [5.74, 6) is 2.93. The van der Waals surface area contributed by atoms with E-state index in [2.05, 4.69) is 46.6 Å². The minimum Gasteiger partial charge on any atom is -0.306 e. The van der Waals surface area contributed by atoms with Crippen molar-refractivity contribution >= 4 is 0 Å². The molecular formula is C19H43N. The zero-order valence-corrected chi connectivity index (χ0v) is 15.8. The highest BCUT2D eigenvalue weighted by Crippen LogP contribution is 2.29. The van der Waals surface area contributed by atoms with Crippen molar-refractivity contribution in [1.82, 2.24) is 4.90 Å². The highest BCUT2D eigenvalue weighted by molar-refractivity contribution is 4.75. The fraction of sp³-hybridized carbons (Fsp3) is 1.00. The molecule has 1 rings (SSSR count). The lowest BCUT2D eigenvalue weighted by Crippen LogP contribution is -2.33. The predicted octanol–water partition coefficient (Wildman–Crippen LogP) is 6.23. The maximum absolute atomic E-state index is 2.47. The summed E-state index contributed by atoms with van der Waals surface area (Å²) < 4.78 is 0. The second-order valence-electron chi connectivity index (χ2n) is 6.40. The Hall–Kier alpha value is -0.0400. The molecule has 20 heavy (non-hydrogen) atoms. The van der Waals surface area contributed by atoms with E-state index in [1.54, 1.807) is 0 Å². The average Bonchev–Trinajstić information content (AvgIpc) is 2.48. The van der Waals surface area contributed by atoms with E-state index in [-0.39, 0.29) is 0 Å². The molecule has 0 amide bonds. The standard InChI is InChI=1S/C12H25N.C5H12.C2H6/c1-4-6-11(5-2)12-7-9-13(3)10-8-12;1-4-5(2)3;1-2/h11-12H,4-10H2,1-3H3;5H,4H2,1-3H3;1-2H3. The SMILES string of the molecule is CC.CCC(C)C.CCCC(CC)C1CCN(C)CC1. The number of likely N-dealkylation sites (tertiary alicyclic amines) is 1. The summed E-state index contributed by atoms with van der Waals surface area (Å²) in [4.78, 5) is 2.47. The first-order valence-corrected chi connectivity index (χ1v) is 9.23. The van der Waals surface area contributed by atoms with Gasteiger partial charge in [0.2, 0.25) is 0 Å². The second-order valence-corrected chi connectivity index (χ2v) is 6.40. The van der Waals surface area contributed by atoms with E-state index in [1.165, 1.54) is 51.6 Å². The maximum Gasteiger partial charge on any atom is -0.00190 e. The first-order chi connectivity index (χ1) is 9.54. The summed E-state index contributed by atoms with van der Waals surface area (Å²) in [6.07, 6.45) is 8.39. The highest BCUT2D eigenvalue weighted by Gasteiger charge is 2.23. The van der Waals surface area contributed by atoms with Crippen LogP contribution in [0.15, 0.2) is 0 Å². The van der Waals surface area contributed by atoms with Gasteiger partial charge in [0.1, 0.15) is 0 Å². The number of hydrogen-bond donors (Lipinski definition) is 0. The third-order valence-electron chi connectivity index (χ3n) is 4.43. The van der Waals surface area contributed by atoms with Crippen molar-refractivity contribution in [3.05, 3.63) is 0 Å². The molecule has 0 saturated carbocycles. The van der Waals surface area contributed by atoms with E-state index in [1.807, 2.05) is 13.8 Å². The monoisotopic (exact) mass is 285 g/mol. The molecule has 0 aromatic carbocycles. The van der Waals surface area contributed by atoms with Crippen molar-refractivity contribution in [1.29, 1.82) is 0 Å². The third-order valence-corrected chi connectivity index (χ3v) is 4.43. The van der Waals surface area contributed by atoms with Gasteiger partial charge >= 0.3 is 0 Å². The zero-order valence-electron chi connectivity index (χ0n) is 15.8. The van der Waals surface area contributed by atoms with E-state index < -0.39 is 0 Å². The van der Waals surface area contributed by atoms with E-state index in [0.717, 1.165) is 17.8 Å². The van der Waals surface area contributed by atoms with Crippen molar-refractivity contribution in [3.63, 3.8) is 0 Å². The summed E-state index contributed by atoms with van der Waals surface area (Å²) in [6.45, 7) is 18.0. The van der Waals surface area contributed by atoms with E-state index in [4.69, 9.17) is 0 Å². The Bertz CT molecular complexity index is 169. The molecule has 1 aliphatic rings. The fourth-order valence-electron chi connectivity index (χ4n) is 2.64. The molecule has 0 aromatic rings. The van der Waals surface area contributed by atoms with Crippen LogP contribution in [-0.4, -0.2) is 25.0 Å². The Morgan fingerprint density at radius 2 is 1.40 bits per heavy atom. The lowest BCUT2D eigenvalue weighted by molar-refractivity contribution is 0.161. The largest absolute Gasteiger partial charge is 0.306 e. The van der Waals surface area contributed by atoms with Crippen LogP contribution in [0.2, 0.25) is 0 Å². The Kier molecular flexibility index (Phi) is 17.1. The predicted molar refractivity (Wildman–Crippen MR) is 95.4 cm³/mol. The zero-order chi connectivity index (χ0) is 16.0. The molecule has 0 bridgehead atoms. The molecule has 1 unspecified atom stereocenters. The third kappa shape index (κ3) is 11.8. The van der Waals surface area contributed by atoms with E-state index in [9.17, 15) is 0 Å². The molecule has 0 aliphatic carbocycles. The molecular weight excluding hydrogens is 242 g/mol. The van der Waals surface area contributed by atoms with Crippen LogP contribution in [0, 0.1) is 17.8 Å². The van der Waals surface area contributed by atoms with Crippen LogP contribution < -0.4 is 0 Å². The van der Waals surface area contributed by atoms with Crippen LogP contribution in [0.1, 0.15) is 87.0 Å². The van der Waals surface area contributed by atoms with Crippen molar-refractivity contribution in [2.45, 2.75) is 87.0 Å². The molecule has 1 heteroatoms. The Morgan fingerprint density at radius 3 is 1.70 bits per heavy atom. The van der Waals surface area contributed by atoms with Gasteiger partial charge in [-0.2, -0.15) is 0 Å². The molecule has 0 N–H and O–H groups in total. The van der Waals surface area contributed by atoms with Crippen LogP contribution in [0.25, 0.3) is 0 Å². The minimum absolute atomic E-state index is 0.884. The van der Waals surface area contributed by atoms with Gasteiger partial charge in [-0.25, -0.2) is 0 Å². The van der Waals surface area contributed by atoms with Gasteiger partial charge in [0.05, 0.1) is 0 Å². The number of hydrogen-bond acceptors (Lipinski definition) is 1. The van der Waals surface area contributed by atoms with Gasteiger partial charge in [-0.1, -0.05) is 74.1 Å². The molecule has 1 saturated heterocycles. The smallest absolute Gasteiger partial charge is 0.00190 e. The topological polar surface area (TPSA) is 3.24 Å². The van der Waals surface area contributed by atoms with Crippen molar-refractivity contribution in [2.24, 2.45) is 17.8 Å². The molecule has 0 radical (unpaired) electrons. The summed E-state index contributed by atoms with van der Waals surface area (Å²) in [5, 5.41) is 0. The normalized spacial score (nSPS) is 17.9. The molecule has 1 aliphatic heterocycles. The van der Waals surface area contributed by atoms with E-state index >= 15 is 0 Å². The quantitative estimate of drug-likeness (QED) is 0.578. The van der Waals surface area contributed by atoms with Crippen LogP contribution in [0.4, 0.5) is 0 Å². The van der Waals surface area contributed by atoms with Crippen molar-refractivity contribution < 1.29 is 0 Å². The van der Waals surface area contributed by atoms with Crippen LogP contribution in [-0.2, 0) is 0 Å². The highest BCUT2D eigenvalue weighted by atomic mass is 15.1. The van der Waals surface area contributed by atoms with Crippen LogP contribution >= 0.6 is 0 Å². The van der Waals surface area contributed by atoms with Gasteiger partial charge in [-0.05, 0) is 50.7 Å². The average molecular weight is 286 g/mol. The molecule has 0 spiro atoms. The van der Waals surface area contributed by atoms with Crippen molar-refractivity contribution in [3.8, 4) is 0 Å². The first-order valence-electron chi connectivity index (χ1n) is 9.23. The number of rotatable bonds is 5. The summed E-state index contributed by atoms with van der Waals surface area (Å²) in [6, 6.07) is 0. The van der Waals surface area contributed by atoms with E-state index in [0.29, 0.717) is 0 Å². The summed E-state index contributed by atoms with van der Waals surface area (Å²) in [7, 11) is 2.25. The van der Waals surface area contributed by atoms with Gasteiger partial charge in [0.25, 0.3) is 0 Å². The second kappa shape index (κ2) is 15.4. The Balaban J connectivity index is 0.